The molecule has 3 aromatic heterocycles. The Kier molecular flexibility index (Phi) is 5.74. The number of para-hydroxylation sites is 1. The van der Waals surface area contributed by atoms with Gasteiger partial charge in [0.1, 0.15) is 29.0 Å². The van der Waals surface area contributed by atoms with E-state index < -0.39 is 23.9 Å². The first-order valence-electron chi connectivity index (χ1n) is 10.4. The van der Waals surface area contributed by atoms with Crippen molar-refractivity contribution in [3.05, 3.63) is 60.9 Å². The molecule has 4 aromatic rings. The molecule has 0 bridgehead atoms. The Balaban J connectivity index is 1.46. The van der Waals surface area contributed by atoms with E-state index in [4.69, 9.17) is 4.74 Å². The minimum atomic E-state index is -1.00. The molecule has 1 amide bonds. The minimum absolute atomic E-state index is 0.0642. The summed E-state index contributed by atoms with van der Waals surface area (Å²) in [6.07, 6.45) is 2.68. The van der Waals surface area contributed by atoms with Gasteiger partial charge in [0.25, 0.3) is 5.91 Å². The summed E-state index contributed by atoms with van der Waals surface area (Å²) in [6, 6.07) is 9.03. The maximum absolute atomic E-state index is 14.4. The Morgan fingerprint density at radius 2 is 2.06 bits per heavy atom. The number of nitrogens with zero attached hydrogens (tertiary/aromatic N) is 6. The highest BCUT2D eigenvalue weighted by Gasteiger charge is 2.32. The summed E-state index contributed by atoms with van der Waals surface area (Å²) in [6.45, 7) is 1.03. The van der Waals surface area contributed by atoms with Crippen LogP contribution in [0.25, 0.3) is 16.7 Å². The summed E-state index contributed by atoms with van der Waals surface area (Å²) < 4.78 is 21.5. The number of aliphatic hydroxyl groups is 1. The number of hydrogen-bond acceptors (Lipinski definition) is 9. The van der Waals surface area contributed by atoms with E-state index in [0.29, 0.717) is 24.3 Å². The molecule has 0 radical (unpaired) electrons. The minimum Gasteiger partial charge on any atom is -0.506 e. The number of hydrogen-bond donors (Lipinski definition) is 3. The Hall–Kier alpha value is -4.16. The third-order valence-electron chi connectivity index (χ3n) is 5.33. The molecule has 3 N–H and O–H groups in total. The summed E-state index contributed by atoms with van der Waals surface area (Å²) in [5.74, 6) is -1.02. The molecule has 5 rings (SSSR count). The van der Waals surface area contributed by atoms with E-state index in [2.05, 4.69) is 25.4 Å². The van der Waals surface area contributed by atoms with Crippen molar-refractivity contribution in [3.8, 4) is 17.3 Å². The number of ether oxygens (including phenoxy) is 1. The SMILES string of the molecule is O=C(Nc1ccccn1)C(CN1CC(O)C1)Oc1ncnc2c1cnn2-c1c(O)cccc1F. The van der Waals surface area contributed by atoms with Crippen molar-refractivity contribution in [2.24, 2.45) is 0 Å². The molecule has 1 fully saturated rings. The number of carbonyl (C=O) groups is 1. The van der Waals surface area contributed by atoms with Crippen molar-refractivity contribution in [3.63, 3.8) is 0 Å². The van der Waals surface area contributed by atoms with Gasteiger partial charge in [-0.15, -0.1) is 0 Å². The van der Waals surface area contributed by atoms with Gasteiger partial charge in [-0.25, -0.2) is 24.0 Å². The molecule has 174 valence electrons. The average Bonchev–Trinajstić information content (AvgIpc) is 3.23. The molecule has 4 heterocycles. The van der Waals surface area contributed by atoms with Crippen LogP contribution < -0.4 is 10.1 Å². The second-order valence-corrected chi connectivity index (χ2v) is 7.76. The molecule has 1 aliphatic heterocycles. The first-order chi connectivity index (χ1) is 16.5. The number of aliphatic hydroxyl groups excluding tert-OH is 1. The van der Waals surface area contributed by atoms with Gasteiger partial charge in [0.05, 0.1) is 12.3 Å². The Morgan fingerprint density at radius 3 is 2.79 bits per heavy atom. The molecule has 0 saturated carbocycles. The lowest BCUT2D eigenvalue weighted by atomic mass is 10.1. The molecule has 11 nitrogen and oxygen atoms in total. The number of pyridine rings is 1. The van der Waals surface area contributed by atoms with Crippen LogP contribution in [0.5, 0.6) is 11.6 Å². The highest BCUT2D eigenvalue weighted by Crippen LogP contribution is 2.29. The number of amides is 1. The number of fused-ring (bicyclic) bond motifs is 1. The van der Waals surface area contributed by atoms with Gasteiger partial charge >= 0.3 is 0 Å². The molecule has 0 spiro atoms. The number of aromatic hydroxyl groups is 1. The maximum Gasteiger partial charge on any atom is 0.268 e. The van der Waals surface area contributed by atoms with Crippen LogP contribution >= 0.6 is 0 Å². The molecule has 34 heavy (non-hydrogen) atoms. The zero-order valence-electron chi connectivity index (χ0n) is 17.7. The van der Waals surface area contributed by atoms with Crippen LogP contribution in [0, 0.1) is 5.82 Å². The number of carbonyl (C=O) groups excluding carboxylic acids is 1. The maximum atomic E-state index is 14.4. The quantitative estimate of drug-likeness (QED) is 0.366. The van der Waals surface area contributed by atoms with Gasteiger partial charge < -0.3 is 20.3 Å². The first kappa shape index (κ1) is 21.7. The normalized spacial score (nSPS) is 15.1. The number of likely N-dealkylation sites (tertiary alicyclic amines) is 1. The lowest BCUT2D eigenvalue weighted by molar-refractivity contribution is -0.125. The fourth-order valence-corrected chi connectivity index (χ4v) is 3.67. The summed E-state index contributed by atoms with van der Waals surface area (Å²) in [4.78, 5) is 27.3. The van der Waals surface area contributed by atoms with Crippen molar-refractivity contribution in [2.45, 2.75) is 12.2 Å². The van der Waals surface area contributed by atoms with Gasteiger partial charge in [0.15, 0.2) is 17.6 Å². The van der Waals surface area contributed by atoms with E-state index >= 15 is 0 Å². The zero-order valence-corrected chi connectivity index (χ0v) is 17.7. The van der Waals surface area contributed by atoms with E-state index in [1.807, 2.05) is 4.90 Å². The number of phenols is 1. The average molecular weight is 465 g/mol. The van der Waals surface area contributed by atoms with Crippen LogP contribution in [0.3, 0.4) is 0 Å². The monoisotopic (exact) mass is 465 g/mol. The molecule has 1 saturated heterocycles. The number of anilines is 1. The predicted octanol–water partition coefficient (Wildman–Crippen LogP) is 1.12. The van der Waals surface area contributed by atoms with Gasteiger partial charge in [-0.1, -0.05) is 12.1 Å². The largest absolute Gasteiger partial charge is 0.506 e. The lowest BCUT2D eigenvalue weighted by Crippen LogP contribution is -2.55. The van der Waals surface area contributed by atoms with E-state index in [1.165, 1.54) is 30.7 Å². The molecule has 12 heteroatoms. The van der Waals surface area contributed by atoms with Crippen molar-refractivity contribution in [1.29, 1.82) is 0 Å². The van der Waals surface area contributed by atoms with Crippen LogP contribution in [0.1, 0.15) is 0 Å². The van der Waals surface area contributed by atoms with Crippen LogP contribution in [0.2, 0.25) is 0 Å². The molecule has 1 aliphatic rings. The summed E-state index contributed by atoms with van der Waals surface area (Å²) in [7, 11) is 0. The fourth-order valence-electron chi connectivity index (χ4n) is 3.67. The van der Waals surface area contributed by atoms with Crippen LogP contribution in [0.15, 0.2) is 55.1 Å². The topological polar surface area (TPSA) is 139 Å². The molecule has 0 aliphatic carbocycles. The van der Waals surface area contributed by atoms with Gasteiger partial charge in [0.2, 0.25) is 5.88 Å². The number of aromatic nitrogens is 5. The second-order valence-electron chi connectivity index (χ2n) is 7.76. The van der Waals surface area contributed by atoms with Gasteiger partial charge in [0, 0.05) is 25.8 Å². The number of halogens is 1. The second kappa shape index (κ2) is 9.00. The van der Waals surface area contributed by atoms with Gasteiger partial charge in [-0.05, 0) is 24.3 Å². The first-order valence-corrected chi connectivity index (χ1v) is 10.4. The van der Waals surface area contributed by atoms with Gasteiger partial charge in [-0.2, -0.15) is 5.10 Å². The van der Waals surface area contributed by atoms with E-state index in [-0.39, 0.29) is 29.5 Å². The smallest absolute Gasteiger partial charge is 0.268 e. The van der Waals surface area contributed by atoms with Gasteiger partial charge in [-0.3, -0.25) is 9.69 Å². The highest BCUT2D eigenvalue weighted by atomic mass is 19.1. The van der Waals surface area contributed by atoms with E-state index in [9.17, 15) is 19.4 Å². The zero-order chi connectivity index (χ0) is 23.7. The van der Waals surface area contributed by atoms with Crippen molar-refractivity contribution in [2.75, 3.05) is 25.0 Å². The highest BCUT2D eigenvalue weighted by molar-refractivity contribution is 5.94. The molecular formula is C22H20FN7O4. The summed E-state index contributed by atoms with van der Waals surface area (Å²) >= 11 is 0. The van der Waals surface area contributed by atoms with Crippen LogP contribution in [-0.2, 0) is 4.79 Å². The molecule has 1 aromatic carbocycles. The van der Waals surface area contributed by atoms with Crippen molar-refractivity contribution < 1.29 is 24.1 Å². The third-order valence-corrected chi connectivity index (χ3v) is 5.33. The third kappa shape index (κ3) is 4.23. The standard InChI is InChI=1S/C22H20FN7O4/c23-15-4-3-5-16(32)19(15)30-20-14(8-27-30)22(26-12-25-20)34-17(11-29-9-13(31)10-29)21(33)28-18-6-1-2-7-24-18/h1-8,12-13,17,31-32H,9-11H2,(H,24,28,33). The number of phenolic OH excluding ortho intramolecular Hbond substituents is 1. The molecule has 1 atom stereocenters. The number of nitrogens with one attached hydrogen (secondary N) is 1. The Bertz CT molecular complexity index is 1310. The summed E-state index contributed by atoms with van der Waals surface area (Å²) in [5.41, 5.74) is 0.0230. The van der Waals surface area contributed by atoms with E-state index in [0.717, 1.165) is 4.68 Å². The molecular weight excluding hydrogens is 445 g/mol. The van der Waals surface area contributed by atoms with Crippen molar-refractivity contribution >= 4 is 22.8 Å². The molecule has 1 unspecified atom stereocenters. The number of benzene rings is 1. The van der Waals surface area contributed by atoms with Crippen LogP contribution in [0.4, 0.5) is 10.2 Å². The fraction of sp³-hybridized carbons (Fsp3) is 0.227. The van der Waals surface area contributed by atoms with Crippen LogP contribution in [-0.4, -0.2) is 77.6 Å². The Labute approximate surface area is 192 Å². The predicted molar refractivity (Wildman–Crippen MR) is 118 cm³/mol. The number of rotatable bonds is 7. The van der Waals surface area contributed by atoms with Crippen molar-refractivity contribution in [1.82, 2.24) is 29.6 Å². The lowest BCUT2D eigenvalue weighted by Gasteiger charge is -2.37. The number of β-amino-alcohol motifs (C(OH)–C–C–N with tert-alkyl or cyclic N) is 1. The van der Waals surface area contributed by atoms with E-state index in [1.54, 1.807) is 24.4 Å². The summed E-state index contributed by atoms with van der Waals surface area (Å²) in [5, 5.41) is 26.9. The Morgan fingerprint density at radius 1 is 1.21 bits per heavy atom.